The molecule has 1 aromatic rings. The van der Waals surface area contributed by atoms with Gasteiger partial charge in [-0.1, -0.05) is 18.2 Å². The number of carbonyl (C=O) groups excluding carboxylic acids is 1. The fourth-order valence-electron chi connectivity index (χ4n) is 4.45. The molecule has 6 nitrogen and oxygen atoms in total. The number of fused-ring (bicyclic) bond motifs is 1. The monoisotopic (exact) mass is 462 g/mol. The smallest absolute Gasteiger partial charge is 0.266 e. The SMILES string of the molecule is C[C@@H]1CN2C=C(N3CCC(C)(O)CC3)C=C(C(=O)N[C@H](C)c3cccc(C(F)F)c3F)C2=N1. The Balaban J connectivity index is 1.57. The summed E-state index contributed by atoms with van der Waals surface area (Å²) in [6, 6.07) is 2.99. The number of amides is 1. The van der Waals surface area contributed by atoms with E-state index >= 15 is 0 Å². The number of benzene rings is 1. The number of aliphatic imine (C=N–C) groups is 1. The highest BCUT2D eigenvalue weighted by Gasteiger charge is 2.35. The van der Waals surface area contributed by atoms with Gasteiger partial charge in [-0.2, -0.15) is 0 Å². The predicted octanol–water partition coefficient (Wildman–Crippen LogP) is 3.67. The van der Waals surface area contributed by atoms with E-state index in [0.29, 0.717) is 43.9 Å². The van der Waals surface area contributed by atoms with E-state index in [0.717, 1.165) is 11.8 Å². The molecule has 1 aromatic carbocycles. The van der Waals surface area contributed by atoms with Crippen LogP contribution in [0.3, 0.4) is 0 Å². The van der Waals surface area contributed by atoms with Gasteiger partial charge in [0.25, 0.3) is 12.3 Å². The van der Waals surface area contributed by atoms with Crippen molar-refractivity contribution in [2.75, 3.05) is 19.6 Å². The number of hydrogen-bond donors (Lipinski definition) is 2. The van der Waals surface area contributed by atoms with Crippen molar-refractivity contribution in [2.45, 2.75) is 57.7 Å². The Morgan fingerprint density at radius 2 is 1.94 bits per heavy atom. The van der Waals surface area contributed by atoms with E-state index in [1.807, 2.05) is 24.9 Å². The maximum absolute atomic E-state index is 14.6. The number of nitrogens with zero attached hydrogens (tertiary/aromatic N) is 3. The normalized spacial score (nSPS) is 23.0. The molecule has 1 saturated heterocycles. The summed E-state index contributed by atoms with van der Waals surface area (Å²) in [5.41, 5.74) is -0.174. The molecule has 0 saturated carbocycles. The lowest BCUT2D eigenvalue weighted by atomic mass is 9.93. The lowest BCUT2D eigenvalue weighted by Crippen LogP contribution is -2.44. The molecule has 4 rings (SSSR count). The third-order valence-corrected chi connectivity index (χ3v) is 6.45. The topological polar surface area (TPSA) is 68.2 Å². The van der Waals surface area contributed by atoms with Crippen molar-refractivity contribution >= 4 is 11.7 Å². The highest BCUT2D eigenvalue weighted by Crippen LogP contribution is 2.30. The number of nitrogens with one attached hydrogen (secondary N) is 1. The van der Waals surface area contributed by atoms with Gasteiger partial charge >= 0.3 is 0 Å². The van der Waals surface area contributed by atoms with Crippen LogP contribution in [0, 0.1) is 5.82 Å². The first-order chi connectivity index (χ1) is 15.6. The maximum atomic E-state index is 14.6. The van der Waals surface area contributed by atoms with Crippen molar-refractivity contribution in [3.05, 3.63) is 58.7 Å². The summed E-state index contributed by atoms with van der Waals surface area (Å²) in [6.07, 6.45) is 2.03. The van der Waals surface area contributed by atoms with E-state index in [1.54, 1.807) is 13.0 Å². The molecule has 1 amide bonds. The van der Waals surface area contributed by atoms with Crippen LogP contribution in [0.25, 0.3) is 0 Å². The number of hydrogen-bond acceptors (Lipinski definition) is 5. The van der Waals surface area contributed by atoms with Gasteiger partial charge in [-0.15, -0.1) is 0 Å². The summed E-state index contributed by atoms with van der Waals surface area (Å²) in [5, 5.41) is 13.0. The molecular formula is C24H29F3N4O2. The lowest BCUT2D eigenvalue weighted by Gasteiger charge is -2.39. The van der Waals surface area contributed by atoms with Gasteiger partial charge in [-0.05, 0) is 39.7 Å². The first-order valence-electron chi connectivity index (χ1n) is 11.2. The van der Waals surface area contributed by atoms with Crippen molar-refractivity contribution in [2.24, 2.45) is 4.99 Å². The molecule has 2 atom stereocenters. The zero-order valence-electron chi connectivity index (χ0n) is 19.0. The van der Waals surface area contributed by atoms with Crippen molar-refractivity contribution in [3.63, 3.8) is 0 Å². The van der Waals surface area contributed by atoms with Crippen LogP contribution in [-0.2, 0) is 4.79 Å². The molecule has 3 heterocycles. The minimum atomic E-state index is -2.94. The number of amidine groups is 1. The van der Waals surface area contributed by atoms with E-state index in [2.05, 4.69) is 15.2 Å². The minimum absolute atomic E-state index is 0.00479. The second-order valence-corrected chi connectivity index (χ2v) is 9.30. The third-order valence-electron chi connectivity index (χ3n) is 6.45. The second-order valence-electron chi connectivity index (χ2n) is 9.30. The Morgan fingerprint density at radius 1 is 1.27 bits per heavy atom. The average Bonchev–Trinajstić information content (AvgIpc) is 3.12. The Morgan fingerprint density at radius 3 is 2.61 bits per heavy atom. The van der Waals surface area contributed by atoms with Gasteiger partial charge in [0.2, 0.25) is 0 Å². The van der Waals surface area contributed by atoms with Crippen molar-refractivity contribution < 1.29 is 23.1 Å². The van der Waals surface area contributed by atoms with Crippen LogP contribution in [0.4, 0.5) is 13.2 Å². The predicted molar refractivity (Wildman–Crippen MR) is 119 cm³/mol. The van der Waals surface area contributed by atoms with E-state index in [9.17, 15) is 23.1 Å². The largest absolute Gasteiger partial charge is 0.390 e. The Hall–Kier alpha value is -2.81. The molecule has 0 bridgehead atoms. The maximum Gasteiger partial charge on any atom is 0.266 e. The second kappa shape index (κ2) is 8.85. The van der Waals surface area contributed by atoms with Gasteiger partial charge in [-0.3, -0.25) is 9.79 Å². The number of piperidine rings is 1. The molecular weight excluding hydrogens is 433 g/mol. The van der Waals surface area contributed by atoms with Crippen LogP contribution in [0.5, 0.6) is 0 Å². The molecule has 3 aliphatic rings. The first kappa shape index (κ1) is 23.4. The van der Waals surface area contributed by atoms with Crippen molar-refractivity contribution in [3.8, 4) is 0 Å². The molecule has 0 aromatic heterocycles. The Kier molecular flexibility index (Phi) is 6.26. The van der Waals surface area contributed by atoms with E-state index in [-0.39, 0.29) is 11.6 Å². The number of alkyl halides is 2. The van der Waals surface area contributed by atoms with E-state index in [1.165, 1.54) is 12.1 Å². The van der Waals surface area contributed by atoms with Gasteiger partial charge in [-0.25, -0.2) is 13.2 Å². The van der Waals surface area contributed by atoms with Crippen LogP contribution >= 0.6 is 0 Å². The number of aliphatic hydroxyl groups is 1. The van der Waals surface area contributed by atoms with Crippen LogP contribution in [0.2, 0.25) is 0 Å². The molecule has 1 fully saturated rings. The molecule has 33 heavy (non-hydrogen) atoms. The van der Waals surface area contributed by atoms with Crippen molar-refractivity contribution in [1.82, 2.24) is 15.1 Å². The molecule has 0 aliphatic carbocycles. The lowest BCUT2D eigenvalue weighted by molar-refractivity contribution is -0.117. The van der Waals surface area contributed by atoms with Crippen LogP contribution in [0.15, 0.2) is 46.7 Å². The zero-order valence-corrected chi connectivity index (χ0v) is 19.0. The molecule has 0 spiro atoms. The average molecular weight is 463 g/mol. The van der Waals surface area contributed by atoms with Gasteiger partial charge in [0, 0.05) is 31.4 Å². The van der Waals surface area contributed by atoms with Gasteiger partial charge in [0.1, 0.15) is 11.7 Å². The molecule has 0 radical (unpaired) electrons. The number of allylic oxidation sites excluding steroid dienone is 1. The standard InChI is InChI=1S/C24H29F3N4O2/c1-14-12-31-13-16(30-9-7-24(3,33)8-10-30)11-19(22(31)28-14)23(32)29-15(2)17-5-4-6-18(20(17)25)21(26)27/h4-6,11,13-15,21,33H,7-10,12H2,1-3H3,(H,29,32)/t14-,15-/m1/s1. The molecule has 2 N–H and O–H groups in total. The minimum Gasteiger partial charge on any atom is -0.390 e. The fourth-order valence-corrected chi connectivity index (χ4v) is 4.45. The van der Waals surface area contributed by atoms with Crippen LogP contribution < -0.4 is 5.32 Å². The molecule has 3 aliphatic heterocycles. The third kappa shape index (κ3) is 4.78. The number of halogens is 3. The quantitative estimate of drug-likeness (QED) is 0.701. The number of likely N-dealkylation sites (tertiary alicyclic amines) is 1. The molecule has 178 valence electrons. The molecule has 9 heteroatoms. The van der Waals surface area contributed by atoms with Gasteiger partial charge < -0.3 is 20.2 Å². The summed E-state index contributed by atoms with van der Waals surface area (Å²) >= 11 is 0. The summed E-state index contributed by atoms with van der Waals surface area (Å²) in [4.78, 5) is 21.9. The summed E-state index contributed by atoms with van der Waals surface area (Å²) in [5.74, 6) is -0.911. The zero-order chi connectivity index (χ0) is 23.9. The van der Waals surface area contributed by atoms with Crippen LogP contribution in [0.1, 0.15) is 57.2 Å². The first-order valence-corrected chi connectivity index (χ1v) is 11.2. The van der Waals surface area contributed by atoms with Crippen LogP contribution in [-0.4, -0.2) is 57.9 Å². The number of carbonyl (C=O) groups is 1. The highest BCUT2D eigenvalue weighted by molar-refractivity contribution is 6.22. The fraction of sp³-hybridized carbons (Fsp3) is 0.500. The Labute approximate surface area is 191 Å². The highest BCUT2D eigenvalue weighted by atomic mass is 19.3. The summed E-state index contributed by atoms with van der Waals surface area (Å²) in [7, 11) is 0. The number of rotatable bonds is 5. The van der Waals surface area contributed by atoms with Gasteiger partial charge in [0.15, 0.2) is 0 Å². The van der Waals surface area contributed by atoms with Gasteiger partial charge in [0.05, 0.1) is 34.5 Å². The summed E-state index contributed by atoms with van der Waals surface area (Å²) in [6.45, 7) is 7.29. The van der Waals surface area contributed by atoms with E-state index < -0.39 is 35.4 Å². The summed E-state index contributed by atoms with van der Waals surface area (Å²) < 4.78 is 40.8. The molecule has 0 unspecified atom stereocenters. The Bertz CT molecular complexity index is 1020. The van der Waals surface area contributed by atoms with E-state index in [4.69, 9.17) is 0 Å². The van der Waals surface area contributed by atoms with Crippen molar-refractivity contribution in [1.29, 1.82) is 0 Å².